The van der Waals surface area contributed by atoms with E-state index >= 15 is 0 Å². The Morgan fingerprint density at radius 1 is 0.953 bits per heavy atom. The van der Waals surface area contributed by atoms with Crippen molar-refractivity contribution in [3.05, 3.63) is 84.5 Å². The number of para-hydroxylation sites is 1. The van der Waals surface area contributed by atoms with Crippen LogP contribution in [0.2, 0.25) is 0 Å². The standard InChI is InChI=1S/C32H34N6O5/c1-31-14-8-16-35(2)28(40)25(31)26-29(41)38(22(19-39)18-21-10-4-3-5-11-21)27-30(42)36(17-9-15-32(26,27)43-31)20-37-24-13-7-6-12-23(24)33-34-37/h3-15,22,25-27,39H,16-20H2,1-2H3/t22-,25+,26+,27?,31-,32+/m1/s1. The summed E-state index contributed by atoms with van der Waals surface area (Å²) >= 11 is 0. The van der Waals surface area contributed by atoms with Crippen LogP contribution in [-0.4, -0.2) is 103 Å². The normalized spacial score (nSPS) is 30.8. The van der Waals surface area contributed by atoms with Gasteiger partial charge < -0.3 is 24.5 Å². The molecule has 1 N–H and O–H groups in total. The summed E-state index contributed by atoms with van der Waals surface area (Å²) in [4.78, 5) is 48.0. The molecule has 222 valence electrons. The van der Waals surface area contributed by atoms with Crippen molar-refractivity contribution >= 4 is 28.8 Å². The molecule has 0 aliphatic carbocycles. The molecule has 0 bridgehead atoms. The minimum Gasteiger partial charge on any atom is -0.394 e. The van der Waals surface area contributed by atoms with Crippen LogP contribution in [0.3, 0.4) is 0 Å². The lowest BCUT2D eigenvalue weighted by atomic mass is 9.74. The summed E-state index contributed by atoms with van der Waals surface area (Å²) in [5.41, 5.74) is -0.0998. The highest BCUT2D eigenvalue weighted by atomic mass is 16.5. The summed E-state index contributed by atoms with van der Waals surface area (Å²) in [5.74, 6) is -2.69. The molecule has 6 atom stereocenters. The summed E-state index contributed by atoms with van der Waals surface area (Å²) in [7, 11) is 1.71. The first-order valence-electron chi connectivity index (χ1n) is 14.6. The Labute approximate surface area is 249 Å². The van der Waals surface area contributed by atoms with Gasteiger partial charge in [0.25, 0.3) is 5.91 Å². The number of carbonyl (C=O) groups is 3. The van der Waals surface area contributed by atoms with E-state index in [1.807, 2.05) is 85.8 Å². The van der Waals surface area contributed by atoms with Crippen LogP contribution in [0.15, 0.2) is 78.9 Å². The van der Waals surface area contributed by atoms with Crippen molar-refractivity contribution in [3.8, 4) is 0 Å². The molecule has 3 amide bonds. The number of hydrogen-bond donors (Lipinski definition) is 1. The number of rotatable bonds is 6. The average Bonchev–Trinajstić information content (AvgIpc) is 3.54. The number of aliphatic hydroxyl groups excluding tert-OH is 1. The number of nitrogens with zero attached hydrogens (tertiary/aromatic N) is 6. The molecule has 2 fully saturated rings. The zero-order valence-corrected chi connectivity index (χ0v) is 24.1. The second-order valence-corrected chi connectivity index (χ2v) is 12.1. The van der Waals surface area contributed by atoms with Crippen molar-refractivity contribution < 1.29 is 24.2 Å². The second-order valence-electron chi connectivity index (χ2n) is 12.1. The number of carbonyl (C=O) groups excluding carboxylic acids is 3. The topological polar surface area (TPSA) is 121 Å². The van der Waals surface area contributed by atoms with E-state index < -0.39 is 35.1 Å². The number of ether oxygens (including phenoxy) is 1. The van der Waals surface area contributed by atoms with Gasteiger partial charge in [-0.3, -0.25) is 14.4 Å². The fourth-order valence-electron chi connectivity index (χ4n) is 7.47. The number of fused-ring (bicyclic) bond motifs is 3. The van der Waals surface area contributed by atoms with Gasteiger partial charge in [-0.1, -0.05) is 72.0 Å². The first-order chi connectivity index (χ1) is 20.8. The van der Waals surface area contributed by atoms with E-state index in [0.717, 1.165) is 11.1 Å². The van der Waals surface area contributed by atoms with Gasteiger partial charge in [-0.15, -0.1) is 5.10 Å². The highest BCUT2D eigenvalue weighted by Crippen LogP contribution is 2.57. The number of likely N-dealkylation sites (tertiary alicyclic amines) is 1. The molecule has 4 aliphatic heterocycles. The number of likely N-dealkylation sites (N-methyl/N-ethyl adjacent to an activating group) is 1. The van der Waals surface area contributed by atoms with Crippen LogP contribution in [0, 0.1) is 11.8 Å². The lowest BCUT2D eigenvalue weighted by molar-refractivity contribution is -0.156. The zero-order valence-electron chi connectivity index (χ0n) is 24.1. The lowest BCUT2D eigenvalue weighted by Gasteiger charge is -2.40. The monoisotopic (exact) mass is 582 g/mol. The third-order valence-corrected chi connectivity index (χ3v) is 9.42. The maximum atomic E-state index is 14.7. The summed E-state index contributed by atoms with van der Waals surface area (Å²) in [6.45, 7) is 2.21. The molecule has 3 aromatic rings. The number of aromatic nitrogens is 3. The van der Waals surface area contributed by atoms with Gasteiger partial charge in [0.05, 0.1) is 35.6 Å². The van der Waals surface area contributed by atoms with Crippen molar-refractivity contribution in [2.45, 2.75) is 43.3 Å². The quantitative estimate of drug-likeness (QED) is 0.436. The Morgan fingerprint density at radius 2 is 1.70 bits per heavy atom. The van der Waals surface area contributed by atoms with Crippen LogP contribution >= 0.6 is 0 Å². The minimum absolute atomic E-state index is 0.105. The Balaban J connectivity index is 1.34. The average molecular weight is 583 g/mol. The maximum absolute atomic E-state index is 14.7. The molecular formula is C32H34N6O5. The third-order valence-electron chi connectivity index (χ3n) is 9.42. The van der Waals surface area contributed by atoms with Crippen LogP contribution in [0.25, 0.3) is 11.0 Å². The molecule has 2 saturated heterocycles. The molecule has 4 aliphatic rings. The SMILES string of the molecule is CN1CC=C[C@@]2(C)O[C@]34C=CCN(Cn5nnc6ccccc65)C(=O)C3N([C@@H](CO)Cc3ccccc3)C(=O)[C@@H]4[C@H]2C1=O. The number of benzene rings is 2. The molecule has 43 heavy (non-hydrogen) atoms. The van der Waals surface area contributed by atoms with Gasteiger partial charge in [-0.05, 0) is 31.0 Å². The van der Waals surface area contributed by atoms with E-state index in [4.69, 9.17) is 4.74 Å². The first-order valence-corrected chi connectivity index (χ1v) is 14.6. The zero-order chi connectivity index (χ0) is 29.9. The molecule has 11 heteroatoms. The number of amides is 3. The van der Waals surface area contributed by atoms with Gasteiger partial charge in [0.2, 0.25) is 11.8 Å². The van der Waals surface area contributed by atoms with Crippen molar-refractivity contribution in [3.63, 3.8) is 0 Å². The van der Waals surface area contributed by atoms with E-state index in [9.17, 15) is 19.5 Å². The Kier molecular flexibility index (Phi) is 6.48. The van der Waals surface area contributed by atoms with Crippen molar-refractivity contribution in [2.75, 3.05) is 26.7 Å². The molecule has 5 heterocycles. The molecule has 1 aromatic heterocycles. The molecule has 11 nitrogen and oxygen atoms in total. The van der Waals surface area contributed by atoms with Crippen molar-refractivity contribution in [2.24, 2.45) is 11.8 Å². The fraction of sp³-hybridized carbons (Fsp3) is 0.406. The van der Waals surface area contributed by atoms with Crippen LogP contribution in [0.5, 0.6) is 0 Å². The van der Waals surface area contributed by atoms with Crippen LogP contribution in [-0.2, 0) is 32.2 Å². The lowest BCUT2D eigenvalue weighted by Crippen LogP contribution is -2.59. The van der Waals surface area contributed by atoms with Crippen LogP contribution in [0.4, 0.5) is 0 Å². The van der Waals surface area contributed by atoms with Crippen LogP contribution < -0.4 is 0 Å². The third kappa shape index (κ3) is 4.13. The van der Waals surface area contributed by atoms with Crippen LogP contribution in [0.1, 0.15) is 12.5 Å². The van der Waals surface area contributed by atoms with E-state index in [-0.39, 0.29) is 37.5 Å². The maximum Gasteiger partial charge on any atom is 0.250 e. The van der Waals surface area contributed by atoms with Gasteiger partial charge in [0.1, 0.15) is 23.8 Å². The second kappa shape index (κ2) is 10.1. The molecule has 2 aromatic carbocycles. The van der Waals surface area contributed by atoms with Crippen molar-refractivity contribution in [1.82, 2.24) is 29.7 Å². The largest absolute Gasteiger partial charge is 0.394 e. The van der Waals surface area contributed by atoms with Gasteiger partial charge in [-0.2, -0.15) is 0 Å². The van der Waals surface area contributed by atoms with Gasteiger partial charge >= 0.3 is 0 Å². The molecule has 0 saturated carbocycles. The van der Waals surface area contributed by atoms with E-state index in [0.29, 0.717) is 18.5 Å². The number of aliphatic hydroxyl groups is 1. The summed E-state index contributed by atoms with van der Waals surface area (Å²) in [6.07, 6.45) is 7.73. The molecular weight excluding hydrogens is 548 g/mol. The fourth-order valence-corrected chi connectivity index (χ4v) is 7.47. The Morgan fingerprint density at radius 3 is 2.49 bits per heavy atom. The predicted molar refractivity (Wildman–Crippen MR) is 156 cm³/mol. The molecule has 1 unspecified atom stereocenters. The van der Waals surface area contributed by atoms with Gasteiger partial charge in [0, 0.05) is 20.1 Å². The van der Waals surface area contributed by atoms with Crippen molar-refractivity contribution in [1.29, 1.82) is 0 Å². The smallest absolute Gasteiger partial charge is 0.250 e. The molecule has 7 rings (SSSR count). The van der Waals surface area contributed by atoms with E-state index in [1.54, 1.807) is 21.5 Å². The Bertz CT molecular complexity index is 1650. The first kappa shape index (κ1) is 27.5. The highest BCUT2D eigenvalue weighted by molar-refractivity contribution is 6.00. The predicted octanol–water partition coefficient (Wildman–Crippen LogP) is 1.39. The highest BCUT2D eigenvalue weighted by Gasteiger charge is 2.75. The summed E-state index contributed by atoms with van der Waals surface area (Å²) < 4.78 is 8.53. The Hall–Kier alpha value is -4.35. The van der Waals surface area contributed by atoms with Gasteiger partial charge in [-0.25, -0.2) is 4.68 Å². The number of hydrogen-bond acceptors (Lipinski definition) is 7. The molecule has 1 spiro atoms. The minimum atomic E-state index is -1.41. The molecule has 0 radical (unpaired) electrons. The van der Waals surface area contributed by atoms with Gasteiger partial charge in [0.15, 0.2) is 0 Å². The van der Waals surface area contributed by atoms with E-state index in [2.05, 4.69) is 10.3 Å². The summed E-state index contributed by atoms with van der Waals surface area (Å²) in [6, 6.07) is 15.3. The summed E-state index contributed by atoms with van der Waals surface area (Å²) in [5, 5.41) is 19.2. The van der Waals surface area contributed by atoms with E-state index in [1.165, 1.54) is 4.90 Å².